The Kier molecular flexibility index (Phi) is 3.70. The van der Waals surface area contributed by atoms with E-state index in [1.165, 1.54) is 43.4 Å². The summed E-state index contributed by atoms with van der Waals surface area (Å²) in [6.45, 7) is 3.20. The maximum absolute atomic E-state index is 5.73. The van der Waals surface area contributed by atoms with Gasteiger partial charge < -0.3 is 11.1 Å². The number of nitrogen functional groups attached to an aromatic ring is 1. The van der Waals surface area contributed by atoms with Crippen LogP contribution in [0.5, 0.6) is 0 Å². The van der Waals surface area contributed by atoms with E-state index in [9.17, 15) is 0 Å². The van der Waals surface area contributed by atoms with Crippen LogP contribution < -0.4 is 11.1 Å². The summed E-state index contributed by atoms with van der Waals surface area (Å²) in [7, 11) is 0. The van der Waals surface area contributed by atoms with Crippen LogP contribution >= 0.6 is 0 Å². The minimum absolute atomic E-state index is 0.846. The molecule has 1 aliphatic carbocycles. The second-order valence-electron chi connectivity index (χ2n) is 4.94. The highest BCUT2D eigenvalue weighted by Crippen LogP contribution is 2.27. The molecular weight excluding hydrogens is 196 g/mol. The highest BCUT2D eigenvalue weighted by Gasteiger charge is 2.14. The average molecular weight is 218 g/mol. The SMILES string of the molecule is Cc1cc(N)ccc1NCCC1CCCC1. The van der Waals surface area contributed by atoms with E-state index in [1.807, 2.05) is 12.1 Å². The Morgan fingerprint density at radius 3 is 2.75 bits per heavy atom. The molecule has 3 N–H and O–H groups in total. The first kappa shape index (κ1) is 11.3. The highest BCUT2D eigenvalue weighted by molar-refractivity contribution is 5.57. The van der Waals surface area contributed by atoms with E-state index in [0.717, 1.165) is 18.2 Å². The van der Waals surface area contributed by atoms with Crippen molar-refractivity contribution in [2.45, 2.75) is 39.0 Å². The molecular formula is C14H22N2. The van der Waals surface area contributed by atoms with E-state index in [0.29, 0.717) is 0 Å². The highest BCUT2D eigenvalue weighted by atomic mass is 14.9. The first-order chi connectivity index (χ1) is 7.75. The number of benzene rings is 1. The van der Waals surface area contributed by atoms with E-state index in [2.05, 4.69) is 18.3 Å². The van der Waals surface area contributed by atoms with Crippen molar-refractivity contribution in [3.63, 3.8) is 0 Å². The van der Waals surface area contributed by atoms with Gasteiger partial charge >= 0.3 is 0 Å². The molecule has 1 aromatic carbocycles. The molecule has 2 rings (SSSR count). The third-order valence-corrected chi connectivity index (χ3v) is 3.59. The lowest BCUT2D eigenvalue weighted by Gasteiger charge is -2.12. The van der Waals surface area contributed by atoms with Gasteiger partial charge in [-0.05, 0) is 43.0 Å². The molecule has 0 atom stereocenters. The molecule has 0 heterocycles. The Balaban J connectivity index is 1.80. The molecule has 1 saturated carbocycles. The van der Waals surface area contributed by atoms with Crippen molar-refractivity contribution < 1.29 is 0 Å². The zero-order valence-electron chi connectivity index (χ0n) is 10.1. The zero-order chi connectivity index (χ0) is 11.4. The fraction of sp³-hybridized carbons (Fsp3) is 0.571. The molecule has 0 aromatic heterocycles. The minimum Gasteiger partial charge on any atom is -0.399 e. The van der Waals surface area contributed by atoms with Gasteiger partial charge in [-0.1, -0.05) is 25.7 Å². The van der Waals surface area contributed by atoms with Gasteiger partial charge in [0.05, 0.1) is 0 Å². The Labute approximate surface area is 98.2 Å². The molecule has 0 saturated heterocycles. The largest absolute Gasteiger partial charge is 0.399 e. The Hall–Kier alpha value is -1.18. The summed E-state index contributed by atoms with van der Waals surface area (Å²) in [6, 6.07) is 6.07. The lowest BCUT2D eigenvalue weighted by atomic mass is 10.0. The van der Waals surface area contributed by atoms with Crippen molar-refractivity contribution in [1.82, 2.24) is 0 Å². The summed E-state index contributed by atoms with van der Waals surface area (Å²) in [4.78, 5) is 0. The van der Waals surface area contributed by atoms with Crippen LogP contribution in [0.2, 0.25) is 0 Å². The van der Waals surface area contributed by atoms with Crippen LogP contribution in [-0.4, -0.2) is 6.54 Å². The van der Waals surface area contributed by atoms with Crippen LogP contribution in [0.25, 0.3) is 0 Å². The number of aryl methyl sites for hydroxylation is 1. The van der Waals surface area contributed by atoms with Crippen LogP contribution in [0.15, 0.2) is 18.2 Å². The van der Waals surface area contributed by atoms with E-state index < -0.39 is 0 Å². The average Bonchev–Trinajstić information content (AvgIpc) is 2.74. The van der Waals surface area contributed by atoms with Gasteiger partial charge in [0, 0.05) is 17.9 Å². The van der Waals surface area contributed by atoms with E-state index in [-0.39, 0.29) is 0 Å². The Bertz CT molecular complexity index is 341. The second-order valence-corrected chi connectivity index (χ2v) is 4.94. The van der Waals surface area contributed by atoms with Crippen molar-refractivity contribution in [1.29, 1.82) is 0 Å². The van der Waals surface area contributed by atoms with Crippen LogP contribution in [-0.2, 0) is 0 Å². The summed E-state index contributed by atoms with van der Waals surface area (Å²) in [5, 5.41) is 3.51. The molecule has 0 radical (unpaired) electrons. The van der Waals surface area contributed by atoms with Gasteiger partial charge in [0.15, 0.2) is 0 Å². The number of hydrogen-bond acceptors (Lipinski definition) is 2. The second kappa shape index (κ2) is 5.24. The zero-order valence-corrected chi connectivity index (χ0v) is 10.1. The molecule has 0 spiro atoms. The molecule has 2 nitrogen and oxygen atoms in total. The van der Waals surface area contributed by atoms with E-state index in [4.69, 9.17) is 5.73 Å². The minimum atomic E-state index is 0.846. The van der Waals surface area contributed by atoms with Gasteiger partial charge in [-0.3, -0.25) is 0 Å². The topological polar surface area (TPSA) is 38.0 Å². The van der Waals surface area contributed by atoms with Gasteiger partial charge in [0.25, 0.3) is 0 Å². The standard InChI is InChI=1S/C14H22N2/c1-11-10-13(15)6-7-14(11)16-9-8-12-4-2-3-5-12/h6-7,10,12,16H,2-5,8-9,15H2,1H3. The number of rotatable bonds is 4. The number of anilines is 2. The molecule has 0 bridgehead atoms. The number of nitrogens with two attached hydrogens (primary N) is 1. The molecule has 1 aromatic rings. The van der Waals surface area contributed by atoms with Crippen LogP contribution in [0.1, 0.15) is 37.7 Å². The van der Waals surface area contributed by atoms with Gasteiger partial charge in [0.2, 0.25) is 0 Å². The van der Waals surface area contributed by atoms with Gasteiger partial charge in [-0.15, -0.1) is 0 Å². The summed E-state index contributed by atoms with van der Waals surface area (Å²) in [5.74, 6) is 0.960. The van der Waals surface area contributed by atoms with E-state index in [1.54, 1.807) is 0 Å². The molecule has 1 fully saturated rings. The quantitative estimate of drug-likeness (QED) is 0.758. The Morgan fingerprint density at radius 1 is 1.31 bits per heavy atom. The first-order valence-electron chi connectivity index (χ1n) is 6.36. The maximum atomic E-state index is 5.73. The molecule has 1 aliphatic rings. The molecule has 0 aliphatic heterocycles. The summed E-state index contributed by atoms with van der Waals surface area (Å²) >= 11 is 0. The molecule has 16 heavy (non-hydrogen) atoms. The van der Waals surface area contributed by atoms with Gasteiger partial charge in [-0.2, -0.15) is 0 Å². The lowest BCUT2D eigenvalue weighted by Crippen LogP contribution is -2.07. The third-order valence-electron chi connectivity index (χ3n) is 3.59. The molecule has 88 valence electrons. The number of nitrogens with one attached hydrogen (secondary N) is 1. The number of hydrogen-bond donors (Lipinski definition) is 2. The van der Waals surface area contributed by atoms with Crippen molar-refractivity contribution >= 4 is 11.4 Å². The monoisotopic (exact) mass is 218 g/mol. The van der Waals surface area contributed by atoms with Gasteiger partial charge in [0.1, 0.15) is 0 Å². The summed E-state index contributed by atoms with van der Waals surface area (Å²) in [5.41, 5.74) is 9.05. The van der Waals surface area contributed by atoms with Crippen LogP contribution in [0, 0.1) is 12.8 Å². The summed E-state index contributed by atoms with van der Waals surface area (Å²) < 4.78 is 0. The van der Waals surface area contributed by atoms with Crippen molar-refractivity contribution in [3.8, 4) is 0 Å². The van der Waals surface area contributed by atoms with Crippen LogP contribution in [0.3, 0.4) is 0 Å². The maximum Gasteiger partial charge on any atom is 0.0371 e. The third kappa shape index (κ3) is 2.91. The first-order valence-corrected chi connectivity index (χ1v) is 6.36. The predicted octanol–water partition coefficient (Wildman–Crippen LogP) is 3.57. The van der Waals surface area contributed by atoms with Crippen molar-refractivity contribution in [2.75, 3.05) is 17.6 Å². The molecule has 0 unspecified atom stereocenters. The lowest BCUT2D eigenvalue weighted by molar-refractivity contribution is 0.518. The molecule has 0 amide bonds. The predicted molar refractivity (Wildman–Crippen MR) is 70.7 cm³/mol. The smallest absolute Gasteiger partial charge is 0.0371 e. The fourth-order valence-electron chi connectivity index (χ4n) is 2.60. The fourth-order valence-corrected chi connectivity index (χ4v) is 2.60. The van der Waals surface area contributed by atoms with Gasteiger partial charge in [-0.25, -0.2) is 0 Å². The van der Waals surface area contributed by atoms with Crippen molar-refractivity contribution in [3.05, 3.63) is 23.8 Å². The van der Waals surface area contributed by atoms with Crippen LogP contribution in [0.4, 0.5) is 11.4 Å². The Morgan fingerprint density at radius 2 is 2.06 bits per heavy atom. The van der Waals surface area contributed by atoms with Crippen molar-refractivity contribution in [2.24, 2.45) is 5.92 Å². The molecule has 2 heteroatoms. The summed E-state index contributed by atoms with van der Waals surface area (Å²) in [6.07, 6.45) is 7.05. The normalized spacial score (nSPS) is 16.6. The van der Waals surface area contributed by atoms with E-state index >= 15 is 0 Å².